The SMILES string of the molecule is C#CC(F)(F)[C@]1(O)CC[C@H]2[C@@H]3CCC4=C/C(=N/OCCOCCOCCOC)CCC4=C3[C@@H](c3ccc(C4CC4)cc3)C[C@@]21C. The van der Waals surface area contributed by atoms with Crippen molar-refractivity contribution in [3.05, 3.63) is 58.2 Å². The molecule has 6 rings (SSSR count). The minimum absolute atomic E-state index is 0.0270. The lowest BCUT2D eigenvalue weighted by Crippen LogP contribution is -2.60. The third kappa shape index (κ3) is 6.14. The van der Waals surface area contributed by atoms with Crippen molar-refractivity contribution >= 4 is 5.71 Å². The van der Waals surface area contributed by atoms with Crippen molar-refractivity contribution in [3.8, 4) is 12.3 Å². The average Bonchev–Trinajstić information content (AvgIpc) is 3.86. The van der Waals surface area contributed by atoms with Crippen LogP contribution in [-0.4, -0.2) is 69.1 Å². The minimum Gasteiger partial charge on any atom is -0.393 e. The summed E-state index contributed by atoms with van der Waals surface area (Å²) in [5.41, 5.74) is 4.25. The van der Waals surface area contributed by atoms with Crippen LogP contribution in [0.5, 0.6) is 0 Å². The maximum atomic E-state index is 15.4. The average molecular weight is 624 g/mol. The topological polar surface area (TPSA) is 69.5 Å². The highest BCUT2D eigenvalue weighted by molar-refractivity contribution is 5.97. The summed E-state index contributed by atoms with van der Waals surface area (Å²) in [5.74, 6) is -1.22. The zero-order valence-corrected chi connectivity index (χ0v) is 26.7. The molecule has 0 radical (unpaired) electrons. The van der Waals surface area contributed by atoms with Crippen LogP contribution in [0, 0.1) is 29.6 Å². The lowest BCUT2D eigenvalue weighted by Gasteiger charge is -2.55. The Balaban J connectivity index is 1.22. The van der Waals surface area contributed by atoms with E-state index in [0.29, 0.717) is 58.4 Å². The van der Waals surface area contributed by atoms with Crippen molar-refractivity contribution < 1.29 is 32.9 Å². The second-order valence-electron chi connectivity index (χ2n) is 13.7. The van der Waals surface area contributed by atoms with E-state index < -0.39 is 16.9 Å². The van der Waals surface area contributed by atoms with Crippen LogP contribution in [0.15, 0.2) is 52.2 Å². The quantitative estimate of drug-likeness (QED) is 0.146. The van der Waals surface area contributed by atoms with Gasteiger partial charge in [0.05, 0.1) is 38.7 Å². The van der Waals surface area contributed by atoms with Gasteiger partial charge in [-0.3, -0.25) is 0 Å². The van der Waals surface area contributed by atoms with Gasteiger partial charge in [0.2, 0.25) is 0 Å². The van der Waals surface area contributed by atoms with E-state index in [4.69, 9.17) is 25.5 Å². The summed E-state index contributed by atoms with van der Waals surface area (Å²) in [6.07, 6.45) is 14.4. The first-order valence-corrected chi connectivity index (χ1v) is 16.7. The second kappa shape index (κ2) is 13.3. The molecule has 3 fully saturated rings. The molecule has 5 aliphatic carbocycles. The van der Waals surface area contributed by atoms with Gasteiger partial charge in [-0.1, -0.05) is 41.9 Å². The van der Waals surface area contributed by atoms with Crippen LogP contribution in [0.3, 0.4) is 0 Å². The first kappa shape index (κ1) is 32.4. The molecule has 45 heavy (non-hydrogen) atoms. The monoisotopic (exact) mass is 623 g/mol. The summed E-state index contributed by atoms with van der Waals surface area (Å²) in [5, 5.41) is 16.2. The molecule has 3 saturated carbocycles. The second-order valence-corrected chi connectivity index (χ2v) is 13.7. The van der Waals surface area contributed by atoms with Crippen LogP contribution in [0.25, 0.3) is 0 Å². The third-order valence-electron chi connectivity index (χ3n) is 11.3. The fourth-order valence-electron chi connectivity index (χ4n) is 8.79. The van der Waals surface area contributed by atoms with Gasteiger partial charge < -0.3 is 24.2 Å². The van der Waals surface area contributed by atoms with Gasteiger partial charge in [0, 0.05) is 18.4 Å². The highest BCUT2D eigenvalue weighted by atomic mass is 19.3. The molecule has 0 aromatic heterocycles. The summed E-state index contributed by atoms with van der Waals surface area (Å²) in [4.78, 5) is 5.59. The minimum atomic E-state index is -3.58. The van der Waals surface area contributed by atoms with E-state index in [-0.39, 0.29) is 24.2 Å². The molecular formula is C37H47F2NO5. The van der Waals surface area contributed by atoms with Crippen LogP contribution >= 0.6 is 0 Å². The molecule has 6 nitrogen and oxygen atoms in total. The van der Waals surface area contributed by atoms with Crippen molar-refractivity contribution in [3.63, 3.8) is 0 Å². The Morgan fingerprint density at radius 1 is 0.956 bits per heavy atom. The first-order valence-electron chi connectivity index (χ1n) is 16.7. The van der Waals surface area contributed by atoms with Crippen LogP contribution in [0.2, 0.25) is 0 Å². The zero-order valence-electron chi connectivity index (χ0n) is 26.7. The number of rotatable bonds is 13. The number of halogens is 2. The maximum Gasteiger partial charge on any atom is 0.336 e. The third-order valence-corrected chi connectivity index (χ3v) is 11.3. The number of alkyl halides is 2. The van der Waals surface area contributed by atoms with Crippen molar-refractivity contribution in [2.75, 3.05) is 46.8 Å². The molecule has 1 aromatic rings. The van der Waals surface area contributed by atoms with E-state index in [1.54, 1.807) is 13.0 Å². The highest BCUT2D eigenvalue weighted by Crippen LogP contribution is 2.69. The van der Waals surface area contributed by atoms with Gasteiger partial charge >= 0.3 is 5.92 Å². The zero-order chi connectivity index (χ0) is 31.7. The summed E-state index contributed by atoms with van der Waals surface area (Å²) in [6, 6.07) is 8.85. The normalized spacial score (nSPS) is 32.0. The molecular weight excluding hydrogens is 576 g/mol. The Labute approximate surface area is 266 Å². The first-order chi connectivity index (χ1) is 21.7. The lowest BCUT2D eigenvalue weighted by molar-refractivity contribution is -0.209. The molecule has 5 aliphatic rings. The fourth-order valence-corrected chi connectivity index (χ4v) is 8.79. The van der Waals surface area contributed by atoms with Gasteiger partial charge in [-0.25, -0.2) is 0 Å². The van der Waals surface area contributed by atoms with E-state index in [1.165, 1.54) is 35.1 Å². The van der Waals surface area contributed by atoms with E-state index >= 15 is 8.78 Å². The molecule has 1 N–H and O–H groups in total. The van der Waals surface area contributed by atoms with Crippen molar-refractivity contribution in [1.82, 2.24) is 0 Å². The lowest BCUT2D eigenvalue weighted by atomic mass is 9.50. The molecule has 0 amide bonds. The molecule has 0 saturated heterocycles. The van der Waals surface area contributed by atoms with Gasteiger partial charge in [-0.2, -0.15) is 8.78 Å². The Hall–Kier alpha value is -2.57. The number of aliphatic hydroxyl groups is 1. The number of allylic oxidation sites excluding steroid dienone is 4. The Bertz CT molecular complexity index is 1360. The number of fused-ring (bicyclic) bond motifs is 4. The van der Waals surface area contributed by atoms with Gasteiger partial charge in [0.25, 0.3) is 0 Å². The van der Waals surface area contributed by atoms with E-state index in [0.717, 1.165) is 37.0 Å². The molecule has 8 heteroatoms. The van der Waals surface area contributed by atoms with Gasteiger partial charge in [-0.05, 0) is 110 Å². The Morgan fingerprint density at radius 2 is 1.64 bits per heavy atom. The van der Waals surface area contributed by atoms with Gasteiger partial charge in [0.1, 0.15) is 12.2 Å². The van der Waals surface area contributed by atoms with Crippen molar-refractivity contribution in [2.24, 2.45) is 22.4 Å². The summed E-state index contributed by atoms with van der Waals surface area (Å²) in [6.45, 7) is 4.81. The molecule has 0 aliphatic heterocycles. The van der Waals surface area contributed by atoms with Crippen LogP contribution in [0.1, 0.15) is 87.7 Å². The summed E-state index contributed by atoms with van der Waals surface area (Å²) in [7, 11) is 1.64. The number of nitrogens with zero attached hydrogens (tertiary/aromatic N) is 1. The van der Waals surface area contributed by atoms with E-state index in [9.17, 15) is 5.11 Å². The van der Waals surface area contributed by atoms with Crippen molar-refractivity contribution in [1.29, 1.82) is 0 Å². The summed E-state index contributed by atoms with van der Waals surface area (Å²) >= 11 is 0. The molecule has 1 aromatic carbocycles. The number of hydrogen-bond acceptors (Lipinski definition) is 6. The smallest absolute Gasteiger partial charge is 0.336 e. The van der Waals surface area contributed by atoms with E-state index in [2.05, 4.69) is 35.5 Å². The largest absolute Gasteiger partial charge is 0.393 e. The molecule has 0 heterocycles. The standard InChI is InChI=1S/C37H47F2NO5/c1-4-37(38,39)36(41)16-15-33-31-13-11-28-23-29(40-45-22-21-44-20-19-43-18-17-42-3)12-14-30(28)34(31)32(24-35(33,36)2)27-9-7-26(8-10-27)25-5-6-25/h1,7-10,23,25,31-33,41H,5-6,11-22,24H2,2-3H3/b40-29+/t31-,32+,33-,35-,36-/m0/s1. The number of ether oxygens (including phenoxy) is 3. The van der Waals surface area contributed by atoms with Gasteiger partial charge in [0.15, 0.2) is 0 Å². The maximum absolute atomic E-state index is 15.4. The van der Waals surface area contributed by atoms with Crippen LogP contribution in [0.4, 0.5) is 8.78 Å². The highest BCUT2D eigenvalue weighted by Gasteiger charge is 2.71. The number of terminal acetylenes is 1. The number of benzene rings is 1. The molecule has 0 bridgehead atoms. The van der Waals surface area contributed by atoms with Crippen molar-refractivity contribution in [2.45, 2.75) is 88.1 Å². The number of oxime groups is 1. The molecule has 5 atom stereocenters. The van der Waals surface area contributed by atoms with Crippen LogP contribution < -0.4 is 0 Å². The number of methoxy groups -OCH3 is 1. The summed E-state index contributed by atoms with van der Waals surface area (Å²) < 4.78 is 46.6. The Morgan fingerprint density at radius 3 is 2.33 bits per heavy atom. The Kier molecular flexibility index (Phi) is 9.55. The molecule has 0 unspecified atom stereocenters. The predicted octanol–water partition coefficient (Wildman–Crippen LogP) is 6.95. The fraction of sp³-hybridized carbons (Fsp3) is 0.649. The van der Waals surface area contributed by atoms with Crippen LogP contribution in [-0.2, 0) is 19.0 Å². The van der Waals surface area contributed by atoms with Gasteiger partial charge in [-0.15, -0.1) is 6.42 Å². The predicted molar refractivity (Wildman–Crippen MR) is 169 cm³/mol. The number of hydrogen-bond donors (Lipinski definition) is 1. The molecule has 244 valence electrons. The molecule has 0 spiro atoms. The van der Waals surface area contributed by atoms with E-state index in [1.807, 2.05) is 6.92 Å².